The third kappa shape index (κ3) is 3.58. The molecule has 0 aliphatic carbocycles. The number of aryl methyl sites for hydroxylation is 2. The number of hydrogen-bond donors (Lipinski definition) is 1. The van der Waals surface area contributed by atoms with Crippen LogP contribution in [0.5, 0.6) is 0 Å². The molecule has 0 atom stereocenters. The van der Waals surface area contributed by atoms with Crippen LogP contribution in [0, 0.1) is 13.8 Å². The molecular weight excluding hydrogens is 316 g/mol. The lowest BCUT2D eigenvalue weighted by Crippen LogP contribution is -2.39. The van der Waals surface area contributed by atoms with Gasteiger partial charge in [0.05, 0.1) is 12.2 Å². The molecular formula is C17H22N8. The summed E-state index contributed by atoms with van der Waals surface area (Å²) in [6.07, 6.45) is 3.76. The maximum absolute atomic E-state index is 4.52. The molecule has 8 heteroatoms. The molecule has 0 bridgehead atoms. The lowest BCUT2D eigenvalue weighted by Gasteiger charge is -2.32. The number of nitrogens with zero attached hydrogens (tertiary/aromatic N) is 7. The lowest BCUT2D eigenvalue weighted by atomic mass is 10.1. The van der Waals surface area contributed by atoms with Gasteiger partial charge in [0.25, 0.3) is 0 Å². The first kappa shape index (κ1) is 15.9. The fraction of sp³-hybridized carbons (Fsp3) is 0.471. The molecule has 1 fully saturated rings. The van der Waals surface area contributed by atoms with Crippen LogP contribution in [0.1, 0.15) is 30.1 Å². The first-order valence-electron chi connectivity index (χ1n) is 8.63. The molecule has 3 aromatic rings. The number of nitrogens with one attached hydrogen (secondary N) is 1. The van der Waals surface area contributed by atoms with Crippen molar-refractivity contribution in [3.63, 3.8) is 0 Å². The highest BCUT2D eigenvalue weighted by molar-refractivity contribution is 5.36. The largest absolute Gasteiger partial charge is 0.367 e. The van der Waals surface area contributed by atoms with Crippen molar-refractivity contribution in [1.82, 2.24) is 34.7 Å². The minimum atomic E-state index is 0.445. The van der Waals surface area contributed by atoms with Gasteiger partial charge in [-0.05, 0) is 38.8 Å². The van der Waals surface area contributed by atoms with Gasteiger partial charge in [-0.15, -0.1) is 10.2 Å². The Kier molecular flexibility index (Phi) is 4.27. The molecule has 3 aromatic heterocycles. The second-order valence-corrected chi connectivity index (χ2v) is 6.60. The zero-order chi connectivity index (χ0) is 17.2. The van der Waals surface area contributed by atoms with Crippen LogP contribution < -0.4 is 5.32 Å². The molecule has 130 valence electrons. The fourth-order valence-electron chi connectivity index (χ4n) is 3.20. The Labute approximate surface area is 146 Å². The van der Waals surface area contributed by atoms with Crippen LogP contribution in [0.25, 0.3) is 5.65 Å². The van der Waals surface area contributed by atoms with Crippen LogP contribution in [-0.4, -0.2) is 53.8 Å². The fourth-order valence-corrected chi connectivity index (χ4v) is 3.20. The average molecular weight is 338 g/mol. The molecule has 1 saturated heterocycles. The minimum Gasteiger partial charge on any atom is -0.367 e. The molecule has 1 aliphatic heterocycles. The van der Waals surface area contributed by atoms with Gasteiger partial charge >= 0.3 is 0 Å². The number of rotatable bonds is 4. The molecule has 8 nitrogen and oxygen atoms in total. The summed E-state index contributed by atoms with van der Waals surface area (Å²) in [4.78, 5) is 10.8. The molecule has 0 aromatic carbocycles. The van der Waals surface area contributed by atoms with Crippen molar-refractivity contribution in [3.05, 3.63) is 41.7 Å². The summed E-state index contributed by atoms with van der Waals surface area (Å²) in [6, 6.07) is 6.35. The summed E-state index contributed by atoms with van der Waals surface area (Å²) >= 11 is 0. The van der Waals surface area contributed by atoms with Crippen molar-refractivity contribution in [2.75, 3.05) is 18.4 Å². The van der Waals surface area contributed by atoms with Crippen molar-refractivity contribution in [1.29, 1.82) is 0 Å². The van der Waals surface area contributed by atoms with Crippen molar-refractivity contribution in [2.24, 2.45) is 0 Å². The molecule has 25 heavy (non-hydrogen) atoms. The van der Waals surface area contributed by atoms with Gasteiger partial charge in [-0.3, -0.25) is 4.90 Å². The predicted octanol–water partition coefficient (Wildman–Crippen LogP) is 1.61. The van der Waals surface area contributed by atoms with E-state index in [1.54, 1.807) is 6.33 Å². The maximum Gasteiger partial charge on any atom is 0.177 e. The van der Waals surface area contributed by atoms with Gasteiger partial charge < -0.3 is 5.32 Å². The second-order valence-electron chi connectivity index (χ2n) is 6.60. The molecule has 1 aliphatic rings. The van der Waals surface area contributed by atoms with Crippen LogP contribution >= 0.6 is 0 Å². The van der Waals surface area contributed by atoms with Gasteiger partial charge in [-0.25, -0.2) is 9.97 Å². The summed E-state index contributed by atoms with van der Waals surface area (Å²) < 4.78 is 1.85. The summed E-state index contributed by atoms with van der Waals surface area (Å²) in [5, 5.41) is 16.5. The summed E-state index contributed by atoms with van der Waals surface area (Å²) in [5.74, 6) is 1.81. The molecule has 0 saturated carbocycles. The standard InChI is InChI=1S/C17H22N8/c1-12-3-4-16-21-22-17(25(16)23-12)10-24-7-5-14(6-8-24)20-15-9-13(2)18-11-19-15/h3-4,9,11,14H,5-8,10H2,1-2H3,(H,18,19,20). The monoisotopic (exact) mass is 338 g/mol. The van der Waals surface area contributed by atoms with Gasteiger partial charge in [0, 0.05) is 30.9 Å². The van der Waals surface area contributed by atoms with Gasteiger partial charge in [-0.1, -0.05) is 0 Å². The summed E-state index contributed by atoms with van der Waals surface area (Å²) in [7, 11) is 0. The maximum atomic E-state index is 4.52. The van der Waals surface area contributed by atoms with Crippen LogP contribution in [0.15, 0.2) is 24.5 Å². The zero-order valence-corrected chi connectivity index (χ0v) is 14.6. The van der Waals surface area contributed by atoms with E-state index in [0.717, 1.165) is 61.2 Å². The number of piperidine rings is 1. The van der Waals surface area contributed by atoms with E-state index in [9.17, 15) is 0 Å². The van der Waals surface area contributed by atoms with Crippen molar-refractivity contribution in [3.8, 4) is 0 Å². The third-order valence-corrected chi connectivity index (χ3v) is 4.57. The molecule has 4 rings (SSSR count). The van der Waals surface area contributed by atoms with Gasteiger partial charge in [0.2, 0.25) is 0 Å². The van der Waals surface area contributed by atoms with E-state index in [1.165, 1.54) is 0 Å². The van der Waals surface area contributed by atoms with Crippen molar-refractivity contribution in [2.45, 2.75) is 39.3 Å². The number of likely N-dealkylation sites (tertiary alicyclic amines) is 1. The highest BCUT2D eigenvalue weighted by Gasteiger charge is 2.21. The van der Waals surface area contributed by atoms with Crippen LogP contribution in [0.2, 0.25) is 0 Å². The summed E-state index contributed by atoms with van der Waals surface area (Å²) in [5.41, 5.74) is 2.75. The third-order valence-electron chi connectivity index (χ3n) is 4.57. The SMILES string of the molecule is Cc1cc(NC2CCN(Cc3nnc4ccc(C)nn34)CC2)ncn1. The Morgan fingerprint density at radius 3 is 2.72 bits per heavy atom. The van der Waals surface area contributed by atoms with E-state index in [1.807, 2.05) is 36.6 Å². The topological polar surface area (TPSA) is 84.1 Å². The average Bonchev–Trinajstić information content (AvgIpc) is 2.99. The highest BCUT2D eigenvalue weighted by atomic mass is 15.4. The highest BCUT2D eigenvalue weighted by Crippen LogP contribution is 2.17. The molecule has 1 N–H and O–H groups in total. The van der Waals surface area contributed by atoms with Gasteiger partial charge in [-0.2, -0.15) is 9.61 Å². The quantitative estimate of drug-likeness (QED) is 0.773. The molecule has 4 heterocycles. The lowest BCUT2D eigenvalue weighted by molar-refractivity contribution is 0.205. The van der Waals surface area contributed by atoms with Crippen LogP contribution in [-0.2, 0) is 6.54 Å². The predicted molar refractivity (Wildman–Crippen MR) is 94.2 cm³/mol. The molecule has 0 unspecified atom stereocenters. The zero-order valence-electron chi connectivity index (χ0n) is 14.6. The van der Waals surface area contributed by atoms with Crippen LogP contribution in [0.4, 0.5) is 5.82 Å². The first-order chi connectivity index (χ1) is 12.2. The van der Waals surface area contributed by atoms with E-state index in [4.69, 9.17) is 0 Å². The van der Waals surface area contributed by atoms with Crippen molar-refractivity contribution < 1.29 is 0 Å². The first-order valence-corrected chi connectivity index (χ1v) is 8.63. The van der Waals surface area contributed by atoms with E-state index < -0.39 is 0 Å². The minimum absolute atomic E-state index is 0.445. The van der Waals surface area contributed by atoms with E-state index >= 15 is 0 Å². The Hall–Kier alpha value is -2.61. The Bertz CT molecular complexity index is 866. The molecule has 0 amide bonds. The Morgan fingerprint density at radius 1 is 1.08 bits per heavy atom. The van der Waals surface area contributed by atoms with Crippen LogP contribution in [0.3, 0.4) is 0 Å². The molecule has 0 spiro atoms. The number of hydrogen-bond acceptors (Lipinski definition) is 7. The Morgan fingerprint density at radius 2 is 1.92 bits per heavy atom. The molecule has 0 radical (unpaired) electrons. The smallest absolute Gasteiger partial charge is 0.177 e. The number of anilines is 1. The summed E-state index contributed by atoms with van der Waals surface area (Å²) in [6.45, 7) is 6.77. The van der Waals surface area contributed by atoms with Gasteiger partial charge in [0.15, 0.2) is 11.5 Å². The van der Waals surface area contributed by atoms with E-state index in [0.29, 0.717) is 6.04 Å². The van der Waals surface area contributed by atoms with Gasteiger partial charge in [0.1, 0.15) is 12.1 Å². The van der Waals surface area contributed by atoms with E-state index in [2.05, 4.69) is 35.5 Å². The number of aromatic nitrogens is 6. The normalized spacial score (nSPS) is 16.4. The number of fused-ring (bicyclic) bond motifs is 1. The Balaban J connectivity index is 1.36. The van der Waals surface area contributed by atoms with E-state index in [-0.39, 0.29) is 0 Å². The second kappa shape index (κ2) is 6.72. The van der Waals surface area contributed by atoms with Crippen molar-refractivity contribution >= 4 is 11.5 Å².